The first-order valence-electron chi connectivity index (χ1n) is 5.33. The first kappa shape index (κ1) is 13.8. The molecule has 0 bridgehead atoms. The number of nitrogens with zero attached hydrogens (tertiary/aromatic N) is 1. The minimum absolute atomic E-state index is 0.0120. The lowest BCUT2D eigenvalue weighted by Gasteiger charge is -2.20. The van der Waals surface area contributed by atoms with Crippen molar-refractivity contribution in [2.45, 2.75) is 6.92 Å². The van der Waals surface area contributed by atoms with Crippen LogP contribution in [0, 0.1) is 5.92 Å². The highest BCUT2D eigenvalue weighted by Crippen LogP contribution is 2.27. The van der Waals surface area contributed by atoms with Crippen LogP contribution in [0.3, 0.4) is 0 Å². The monoisotopic (exact) mass is 253 g/mol. The number of hydrogen-bond donors (Lipinski definition) is 3. The Balaban J connectivity index is 2.90. The second-order valence-electron chi connectivity index (χ2n) is 4.10. The molecule has 0 fully saturated rings. The summed E-state index contributed by atoms with van der Waals surface area (Å²) in [5.74, 6) is -3.05. The van der Waals surface area contributed by atoms with Crippen LogP contribution in [0.4, 0.5) is 0 Å². The van der Waals surface area contributed by atoms with E-state index in [1.165, 1.54) is 32.2 Å². The largest absolute Gasteiger partial charge is 0.507 e. The molecule has 0 aliphatic heterocycles. The van der Waals surface area contributed by atoms with Gasteiger partial charge in [0.15, 0.2) is 0 Å². The Kier molecular flexibility index (Phi) is 4.14. The minimum atomic E-state index is -1.02. The zero-order valence-corrected chi connectivity index (χ0v) is 10.1. The maximum absolute atomic E-state index is 12.0. The molecule has 1 amide bonds. The van der Waals surface area contributed by atoms with Crippen molar-refractivity contribution in [1.82, 2.24) is 4.90 Å². The summed E-state index contributed by atoms with van der Waals surface area (Å²) in [5, 5.41) is 27.8. The van der Waals surface area contributed by atoms with Gasteiger partial charge in [-0.3, -0.25) is 9.59 Å². The number of carbonyl (C=O) groups is 2. The van der Waals surface area contributed by atoms with Crippen LogP contribution in [0.2, 0.25) is 0 Å². The highest BCUT2D eigenvalue weighted by molar-refractivity contribution is 5.99. The van der Waals surface area contributed by atoms with Crippen molar-refractivity contribution in [1.29, 1.82) is 0 Å². The third kappa shape index (κ3) is 2.91. The van der Waals surface area contributed by atoms with E-state index in [0.29, 0.717) is 0 Å². The Morgan fingerprint density at radius 1 is 1.28 bits per heavy atom. The van der Waals surface area contributed by atoms with Crippen LogP contribution in [0.15, 0.2) is 18.2 Å². The molecule has 1 unspecified atom stereocenters. The van der Waals surface area contributed by atoms with E-state index in [1.54, 1.807) is 0 Å². The van der Waals surface area contributed by atoms with Crippen molar-refractivity contribution in [3.63, 3.8) is 0 Å². The van der Waals surface area contributed by atoms with Crippen LogP contribution in [0.1, 0.15) is 17.3 Å². The molecule has 6 nitrogen and oxygen atoms in total. The average molecular weight is 253 g/mol. The van der Waals surface area contributed by atoms with Crippen molar-refractivity contribution >= 4 is 11.9 Å². The van der Waals surface area contributed by atoms with Gasteiger partial charge >= 0.3 is 5.97 Å². The van der Waals surface area contributed by atoms with Gasteiger partial charge in [-0.1, -0.05) is 13.0 Å². The van der Waals surface area contributed by atoms with Gasteiger partial charge in [0.2, 0.25) is 0 Å². The molecule has 0 aliphatic rings. The van der Waals surface area contributed by atoms with Crippen LogP contribution in [0.5, 0.6) is 11.5 Å². The average Bonchev–Trinajstić information content (AvgIpc) is 2.28. The van der Waals surface area contributed by atoms with Crippen LogP contribution < -0.4 is 0 Å². The van der Waals surface area contributed by atoms with Gasteiger partial charge in [0.25, 0.3) is 5.91 Å². The maximum atomic E-state index is 12.0. The number of amides is 1. The summed E-state index contributed by atoms with van der Waals surface area (Å²) in [7, 11) is 1.41. The van der Waals surface area contributed by atoms with Gasteiger partial charge in [-0.25, -0.2) is 0 Å². The lowest BCUT2D eigenvalue weighted by atomic mass is 10.1. The first-order chi connectivity index (χ1) is 8.34. The quantitative estimate of drug-likeness (QED) is 0.740. The molecule has 0 saturated carbocycles. The molecule has 1 rings (SSSR count). The Bertz CT molecular complexity index is 451. The van der Waals surface area contributed by atoms with Gasteiger partial charge in [-0.2, -0.15) is 0 Å². The number of phenolic OH excluding ortho intramolecular Hbond substituents is 2. The molecule has 1 atom stereocenters. The number of aliphatic carboxylic acids is 1. The van der Waals surface area contributed by atoms with Gasteiger partial charge < -0.3 is 20.2 Å². The first-order valence-corrected chi connectivity index (χ1v) is 5.33. The summed E-state index contributed by atoms with van der Waals surface area (Å²) in [6, 6.07) is 3.96. The fourth-order valence-electron chi connectivity index (χ4n) is 1.51. The summed E-state index contributed by atoms with van der Waals surface area (Å²) in [6.45, 7) is 1.46. The predicted octanol–water partition coefficient (Wildman–Crippen LogP) is 0.890. The smallest absolute Gasteiger partial charge is 0.308 e. The van der Waals surface area contributed by atoms with Gasteiger partial charge in [-0.15, -0.1) is 0 Å². The number of carboxylic acid groups (broad SMARTS) is 1. The Morgan fingerprint density at radius 3 is 2.22 bits per heavy atom. The second-order valence-corrected chi connectivity index (χ2v) is 4.10. The molecule has 98 valence electrons. The number of carbonyl (C=O) groups excluding carboxylic acids is 1. The molecule has 6 heteroatoms. The Morgan fingerprint density at radius 2 is 1.78 bits per heavy atom. The van der Waals surface area contributed by atoms with E-state index in [-0.39, 0.29) is 23.6 Å². The van der Waals surface area contributed by atoms with E-state index in [1.807, 2.05) is 0 Å². The predicted molar refractivity (Wildman–Crippen MR) is 63.5 cm³/mol. The summed E-state index contributed by atoms with van der Waals surface area (Å²) in [6.07, 6.45) is 0. The summed E-state index contributed by atoms with van der Waals surface area (Å²) in [4.78, 5) is 23.8. The van der Waals surface area contributed by atoms with Gasteiger partial charge in [0.1, 0.15) is 17.1 Å². The SMILES string of the molecule is CC(CN(C)C(=O)c1c(O)cccc1O)C(=O)O. The fourth-order valence-corrected chi connectivity index (χ4v) is 1.51. The third-order valence-corrected chi connectivity index (χ3v) is 2.55. The van der Waals surface area contributed by atoms with E-state index in [9.17, 15) is 19.8 Å². The molecule has 1 aromatic carbocycles. The van der Waals surface area contributed by atoms with E-state index in [4.69, 9.17) is 5.11 Å². The van der Waals surface area contributed by atoms with Crippen LogP contribution in [0.25, 0.3) is 0 Å². The van der Waals surface area contributed by atoms with Crippen molar-refractivity contribution in [3.05, 3.63) is 23.8 Å². The number of carboxylic acids is 1. The highest BCUT2D eigenvalue weighted by atomic mass is 16.4. The second kappa shape index (κ2) is 5.39. The molecule has 3 N–H and O–H groups in total. The molecule has 1 aromatic rings. The van der Waals surface area contributed by atoms with Crippen molar-refractivity contribution < 1.29 is 24.9 Å². The maximum Gasteiger partial charge on any atom is 0.308 e. The standard InChI is InChI=1S/C12H15NO5/c1-7(12(17)18)6-13(2)11(16)10-8(14)4-3-5-9(10)15/h3-5,7,14-15H,6H2,1-2H3,(H,17,18). The highest BCUT2D eigenvalue weighted by Gasteiger charge is 2.22. The molecule has 0 radical (unpaired) electrons. The van der Waals surface area contributed by atoms with Crippen molar-refractivity contribution in [2.24, 2.45) is 5.92 Å². The number of rotatable bonds is 4. The number of benzene rings is 1. The van der Waals surface area contributed by atoms with E-state index < -0.39 is 17.8 Å². The molecule has 18 heavy (non-hydrogen) atoms. The fraction of sp³-hybridized carbons (Fsp3) is 0.333. The van der Waals surface area contributed by atoms with E-state index >= 15 is 0 Å². The lowest BCUT2D eigenvalue weighted by Crippen LogP contribution is -2.33. The van der Waals surface area contributed by atoms with Crippen LogP contribution >= 0.6 is 0 Å². The molecule has 0 saturated heterocycles. The van der Waals surface area contributed by atoms with Gasteiger partial charge in [-0.05, 0) is 12.1 Å². The number of aromatic hydroxyl groups is 2. The zero-order chi connectivity index (χ0) is 13.9. The van der Waals surface area contributed by atoms with Crippen molar-refractivity contribution in [3.8, 4) is 11.5 Å². The normalized spacial score (nSPS) is 11.9. The topological polar surface area (TPSA) is 98.1 Å². The van der Waals surface area contributed by atoms with Gasteiger partial charge in [0, 0.05) is 13.6 Å². The summed E-state index contributed by atoms with van der Waals surface area (Å²) in [5.41, 5.74) is -0.224. The molecular formula is C12H15NO5. The van der Waals surface area contributed by atoms with Crippen LogP contribution in [-0.2, 0) is 4.79 Å². The van der Waals surface area contributed by atoms with E-state index in [0.717, 1.165) is 4.90 Å². The van der Waals surface area contributed by atoms with E-state index in [2.05, 4.69) is 0 Å². The lowest BCUT2D eigenvalue weighted by molar-refractivity contribution is -0.141. The molecule has 0 heterocycles. The van der Waals surface area contributed by atoms with Crippen LogP contribution in [-0.4, -0.2) is 45.7 Å². The summed E-state index contributed by atoms with van der Waals surface area (Å²) >= 11 is 0. The molecule has 0 spiro atoms. The minimum Gasteiger partial charge on any atom is -0.507 e. The summed E-state index contributed by atoms with van der Waals surface area (Å²) < 4.78 is 0. The molecular weight excluding hydrogens is 238 g/mol. The van der Waals surface area contributed by atoms with Crippen molar-refractivity contribution in [2.75, 3.05) is 13.6 Å². The molecule has 0 aliphatic carbocycles. The zero-order valence-electron chi connectivity index (χ0n) is 10.1. The number of phenols is 2. The number of hydrogen-bond acceptors (Lipinski definition) is 4. The molecule has 0 aromatic heterocycles. The Labute approximate surface area is 104 Å². The third-order valence-electron chi connectivity index (χ3n) is 2.55. The Hall–Kier alpha value is -2.24. The van der Waals surface area contributed by atoms with Gasteiger partial charge in [0.05, 0.1) is 5.92 Å².